The molecule has 0 bridgehead atoms. The maximum absolute atomic E-state index is 11.0. The fraction of sp³-hybridized carbons (Fsp3) is 0.417. The second-order valence-corrected chi connectivity index (χ2v) is 6.10. The molecule has 1 heterocycles. The molecule has 1 aromatic carbocycles. The average molecular weight is 329 g/mol. The van der Waals surface area contributed by atoms with Gasteiger partial charge in [0, 0.05) is 6.54 Å². The molecule has 0 aliphatic carbocycles. The lowest BCUT2D eigenvalue weighted by molar-refractivity contribution is 0.111. The van der Waals surface area contributed by atoms with E-state index in [1.54, 1.807) is 0 Å². The monoisotopic (exact) mass is 329 g/mol. The van der Waals surface area contributed by atoms with Crippen molar-refractivity contribution in [3.63, 3.8) is 0 Å². The Bertz CT molecular complexity index is 689. The number of ether oxygens (including phenoxy) is 2. The van der Waals surface area contributed by atoms with Gasteiger partial charge in [-0.2, -0.15) is 13.5 Å². The number of carbonyl (C=O) groups is 1. The van der Waals surface area contributed by atoms with Crippen molar-refractivity contribution >= 4 is 27.8 Å². The van der Waals surface area contributed by atoms with E-state index >= 15 is 0 Å². The smallest absolute Gasteiger partial charge is 0.264 e. The molecule has 2 rings (SSSR count). The summed E-state index contributed by atoms with van der Waals surface area (Å²) in [5, 5.41) is 6.35. The lowest BCUT2D eigenvalue weighted by Crippen LogP contribution is -2.09. The maximum Gasteiger partial charge on any atom is 0.264 e. The highest BCUT2D eigenvalue weighted by Gasteiger charge is 2.25. The van der Waals surface area contributed by atoms with Crippen LogP contribution in [0.4, 0.5) is 11.4 Å². The van der Waals surface area contributed by atoms with Crippen molar-refractivity contribution in [1.82, 2.24) is 0 Å². The van der Waals surface area contributed by atoms with Gasteiger partial charge in [0.15, 0.2) is 17.8 Å². The Morgan fingerprint density at radius 3 is 2.82 bits per heavy atom. The molecule has 0 saturated heterocycles. The molecule has 22 heavy (non-hydrogen) atoms. The first kappa shape index (κ1) is 16.2. The molecule has 0 unspecified atom stereocenters. The van der Waals surface area contributed by atoms with E-state index in [1.807, 2.05) is 0 Å². The van der Waals surface area contributed by atoms with Crippen LogP contribution in [0.25, 0.3) is 0 Å². The molecule has 0 aromatic heterocycles. The number of hydrogen-bond donors (Lipinski definition) is 2. The zero-order chi connectivity index (χ0) is 16.2. The van der Waals surface area contributed by atoms with E-state index in [2.05, 4.69) is 14.6 Å². The lowest BCUT2D eigenvalue weighted by Gasteiger charge is -2.12. The van der Waals surface area contributed by atoms with E-state index in [0.29, 0.717) is 36.4 Å². The van der Waals surface area contributed by atoms with Crippen LogP contribution in [0.3, 0.4) is 0 Å². The third-order valence-electron chi connectivity index (χ3n) is 2.82. The Balaban J connectivity index is 2.09. The predicted molar refractivity (Wildman–Crippen MR) is 76.7 cm³/mol. The molecule has 0 fully saturated rings. The van der Waals surface area contributed by atoms with Crippen molar-refractivity contribution < 1.29 is 26.9 Å². The van der Waals surface area contributed by atoms with Crippen LogP contribution in [0.2, 0.25) is 0 Å². The number of hydrogen-bond acceptors (Lipinski definition) is 9. The molecule has 9 nitrogen and oxygen atoms in total. The van der Waals surface area contributed by atoms with Gasteiger partial charge in [-0.3, -0.25) is 8.98 Å². The Kier molecular flexibility index (Phi) is 4.93. The summed E-state index contributed by atoms with van der Waals surface area (Å²) < 4.78 is 36.8. The highest BCUT2D eigenvalue weighted by Crippen LogP contribution is 2.47. The van der Waals surface area contributed by atoms with Crippen LogP contribution in [-0.4, -0.2) is 40.9 Å². The van der Waals surface area contributed by atoms with Crippen LogP contribution in [0.1, 0.15) is 16.8 Å². The van der Waals surface area contributed by atoms with E-state index in [1.165, 1.54) is 6.07 Å². The topological polar surface area (TPSA) is 127 Å². The number of rotatable bonds is 8. The molecule has 0 spiro atoms. The second-order valence-electron chi connectivity index (χ2n) is 4.46. The van der Waals surface area contributed by atoms with Gasteiger partial charge in [0.05, 0.1) is 18.4 Å². The Hall–Kier alpha value is -2.20. The van der Waals surface area contributed by atoms with Gasteiger partial charge >= 0.3 is 0 Å². The summed E-state index contributed by atoms with van der Waals surface area (Å²) in [4.78, 5) is 11.0. The molecular formula is C12H15N3O6S. The van der Waals surface area contributed by atoms with Crippen molar-refractivity contribution in [2.45, 2.75) is 6.42 Å². The largest absolute Gasteiger partial charge is 0.453 e. The fourth-order valence-electron chi connectivity index (χ4n) is 1.92. The zero-order valence-corrected chi connectivity index (χ0v) is 12.6. The number of benzene rings is 1. The number of fused-ring (bicyclic) bond motifs is 1. The summed E-state index contributed by atoms with van der Waals surface area (Å²) in [5.41, 5.74) is 8.10. The average Bonchev–Trinajstić information content (AvgIpc) is 2.94. The zero-order valence-electron chi connectivity index (χ0n) is 11.8. The van der Waals surface area contributed by atoms with E-state index < -0.39 is 10.1 Å². The molecule has 120 valence electrons. The summed E-state index contributed by atoms with van der Waals surface area (Å²) in [5.74, 6) is 0.622. The molecular weight excluding hydrogens is 314 g/mol. The van der Waals surface area contributed by atoms with Crippen molar-refractivity contribution in [2.24, 2.45) is 5.11 Å². The Labute approximate surface area is 127 Å². The SMILES string of the molecule is CS(=O)(=O)OCCCNc1c(N=N)cc(C=O)c2c1OCO2. The van der Waals surface area contributed by atoms with Crippen LogP contribution in [0, 0.1) is 5.53 Å². The predicted octanol–water partition coefficient (Wildman–Crippen LogP) is 1.67. The van der Waals surface area contributed by atoms with Crippen LogP contribution in [-0.2, 0) is 14.3 Å². The number of nitrogens with one attached hydrogen (secondary N) is 2. The van der Waals surface area contributed by atoms with Gasteiger partial charge in [-0.05, 0) is 12.5 Å². The highest BCUT2D eigenvalue weighted by atomic mass is 32.2. The first-order chi connectivity index (χ1) is 10.5. The summed E-state index contributed by atoms with van der Waals surface area (Å²) in [6.07, 6.45) is 2.00. The molecule has 0 radical (unpaired) electrons. The molecule has 0 saturated carbocycles. The van der Waals surface area contributed by atoms with Crippen molar-refractivity contribution in [1.29, 1.82) is 5.53 Å². The quantitative estimate of drug-likeness (QED) is 0.321. The molecule has 0 atom stereocenters. The summed E-state index contributed by atoms with van der Waals surface area (Å²) in [6.45, 7) is 0.378. The van der Waals surface area contributed by atoms with Crippen LogP contribution >= 0.6 is 0 Å². The summed E-state index contributed by atoms with van der Waals surface area (Å²) in [6, 6.07) is 1.42. The molecule has 1 aromatic rings. The Morgan fingerprint density at radius 1 is 1.45 bits per heavy atom. The minimum absolute atomic E-state index is 0.0243. The third-order valence-corrected chi connectivity index (χ3v) is 3.41. The van der Waals surface area contributed by atoms with Crippen LogP contribution < -0.4 is 14.8 Å². The fourth-order valence-corrected chi connectivity index (χ4v) is 2.34. The highest BCUT2D eigenvalue weighted by molar-refractivity contribution is 7.85. The van der Waals surface area contributed by atoms with Gasteiger partial charge in [0.25, 0.3) is 10.1 Å². The van der Waals surface area contributed by atoms with Gasteiger partial charge < -0.3 is 14.8 Å². The van der Waals surface area contributed by atoms with Crippen molar-refractivity contribution in [3.8, 4) is 11.5 Å². The molecule has 1 aliphatic heterocycles. The van der Waals surface area contributed by atoms with E-state index in [0.717, 1.165) is 6.26 Å². The van der Waals surface area contributed by atoms with Gasteiger partial charge in [-0.1, -0.05) is 0 Å². The van der Waals surface area contributed by atoms with E-state index in [9.17, 15) is 13.2 Å². The van der Waals surface area contributed by atoms with Gasteiger partial charge in [0.2, 0.25) is 6.79 Å². The second kappa shape index (κ2) is 6.71. The first-order valence-electron chi connectivity index (χ1n) is 6.34. The van der Waals surface area contributed by atoms with Gasteiger partial charge in [0.1, 0.15) is 11.4 Å². The number of anilines is 1. The normalized spacial score (nSPS) is 13.0. The lowest BCUT2D eigenvalue weighted by atomic mass is 10.1. The van der Waals surface area contributed by atoms with Crippen LogP contribution in [0.15, 0.2) is 11.2 Å². The van der Waals surface area contributed by atoms with Crippen LogP contribution in [0.5, 0.6) is 11.5 Å². The first-order valence-corrected chi connectivity index (χ1v) is 8.15. The Morgan fingerprint density at radius 2 is 2.18 bits per heavy atom. The minimum atomic E-state index is -3.46. The number of carbonyl (C=O) groups excluding carboxylic acids is 1. The molecule has 2 N–H and O–H groups in total. The van der Waals surface area contributed by atoms with Crippen molar-refractivity contribution in [2.75, 3.05) is 31.5 Å². The van der Waals surface area contributed by atoms with Crippen molar-refractivity contribution in [3.05, 3.63) is 11.6 Å². The number of aldehydes is 1. The standard InChI is InChI=1S/C12H15N3O6S/c1-22(17,18)21-4-2-3-14-10-9(15-13)5-8(6-16)11-12(10)20-7-19-11/h5-6,13-14H,2-4,7H2,1H3. The van der Waals surface area contributed by atoms with E-state index in [-0.39, 0.29) is 24.7 Å². The summed E-state index contributed by atoms with van der Waals surface area (Å²) in [7, 11) is -3.46. The maximum atomic E-state index is 11.0. The molecule has 10 heteroatoms. The summed E-state index contributed by atoms with van der Waals surface area (Å²) >= 11 is 0. The molecule has 1 aliphatic rings. The molecule has 0 amide bonds. The third kappa shape index (κ3) is 3.71. The van der Waals surface area contributed by atoms with E-state index in [4.69, 9.17) is 15.0 Å². The minimum Gasteiger partial charge on any atom is -0.453 e. The van der Waals surface area contributed by atoms with Gasteiger partial charge in [-0.25, -0.2) is 5.53 Å². The number of nitrogens with zero attached hydrogens (tertiary/aromatic N) is 1. The van der Waals surface area contributed by atoms with Gasteiger partial charge in [-0.15, -0.1) is 0 Å².